The molecule has 1 N–H and O–H groups in total. The van der Waals surface area contributed by atoms with Crippen LogP contribution in [-0.2, 0) is 23.6 Å². The van der Waals surface area contributed by atoms with Crippen molar-refractivity contribution in [3.63, 3.8) is 0 Å². The highest BCUT2D eigenvalue weighted by molar-refractivity contribution is 7.89. The fraction of sp³-hybridized carbons (Fsp3) is 0.333. The van der Waals surface area contributed by atoms with Crippen LogP contribution in [0.2, 0.25) is 5.02 Å². The lowest BCUT2D eigenvalue weighted by Gasteiger charge is -2.27. The average molecular weight is 432 g/mol. The molecule has 0 saturated carbocycles. The second-order valence-corrected chi connectivity index (χ2v) is 9.95. The van der Waals surface area contributed by atoms with E-state index in [1.54, 1.807) is 57.2 Å². The van der Waals surface area contributed by atoms with Crippen LogP contribution in [0.1, 0.15) is 30.8 Å². The summed E-state index contributed by atoms with van der Waals surface area (Å²) in [5.74, 6) is -1.19. The van der Waals surface area contributed by atoms with Crippen molar-refractivity contribution < 1.29 is 22.0 Å². The van der Waals surface area contributed by atoms with Gasteiger partial charge >= 0.3 is 7.60 Å². The number of aryl methyl sites for hydroxylation is 1. The SMILES string of the molecule is CCOP(=O)(OCC)C(NS(=O)(=O)c1ccc(C)c(Cl)c1)c1ccccc1. The van der Waals surface area contributed by atoms with Crippen molar-refractivity contribution in [3.05, 3.63) is 64.7 Å². The summed E-state index contributed by atoms with van der Waals surface area (Å²) in [4.78, 5) is -0.0291. The Hall–Kier alpha value is -1.21. The van der Waals surface area contributed by atoms with Gasteiger partial charge in [0, 0.05) is 5.02 Å². The molecule has 2 aromatic carbocycles. The fourth-order valence-electron chi connectivity index (χ4n) is 2.45. The zero-order valence-corrected chi connectivity index (χ0v) is 17.9. The molecule has 0 spiro atoms. The fourth-order valence-corrected chi connectivity index (χ4v) is 6.35. The first kappa shape index (κ1) is 22.1. The van der Waals surface area contributed by atoms with Gasteiger partial charge in [0.15, 0.2) is 0 Å². The van der Waals surface area contributed by atoms with Crippen molar-refractivity contribution in [1.29, 1.82) is 0 Å². The smallest absolute Gasteiger partial charge is 0.308 e. The predicted octanol–water partition coefficient (Wildman–Crippen LogP) is 4.89. The zero-order chi connectivity index (χ0) is 20.1. The largest absolute Gasteiger partial charge is 0.352 e. The number of hydrogen-bond acceptors (Lipinski definition) is 5. The minimum Gasteiger partial charge on any atom is -0.308 e. The first-order valence-electron chi connectivity index (χ1n) is 8.45. The van der Waals surface area contributed by atoms with E-state index in [2.05, 4.69) is 4.72 Å². The summed E-state index contributed by atoms with van der Waals surface area (Å²) in [6.07, 6.45) is 0. The third kappa shape index (κ3) is 5.41. The highest BCUT2D eigenvalue weighted by Gasteiger charge is 2.40. The molecule has 0 aliphatic rings. The molecule has 27 heavy (non-hydrogen) atoms. The average Bonchev–Trinajstić information content (AvgIpc) is 2.63. The summed E-state index contributed by atoms with van der Waals surface area (Å²) in [6.45, 7) is 5.33. The van der Waals surface area contributed by atoms with Crippen LogP contribution in [-0.4, -0.2) is 21.6 Å². The van der Waals surface area contributed by atoms with Crippen molar-refractivity contribution in [2.24, 2.45) is 0 Å². The normalized spacial score (nSPS) is 13.5. The summed E-state index contributed by atoms with van der Waals surface area (Å²) in [6, 6.07) is 13.0. The van der Waals surface area contributed by atoms with Gasteiger partial charge in [-0.25, -0.2) is 8.42 Å². The number of sulfonamides is 1. The van der Waals surface area contributed by atoms with Crippen molar-refractivity contribution in [2.75, 3.05) is 13.2 Å². The monoisotopic (exact) mass is 431 g/mol. The van der Waals surface area contributed by atoms with Gasteiger partial charge < -0.3 is 9.05 Å². The summed E-state index contributed by atoms with van der Waals surface area (Å²) in [5, 5.41) is 0.326. The highest BCUT2D eigenvalue weighted by Crippen LogP contribution is 2.59. The van der Waals surface area contributed by atoms with Crippen molar-refractivity contribution in [2.45, 2.75) is 31.4 Å². The van der Waals surface area contributed by atoms with E-state index in [0.717, 1.165) is 5.56 Å². The molecule has 1 unspecified atom stereocenters. The maximum Gasteiger partial charge on any atom is 0.352 e. The lowest BCUT2D eigenvalue weighted by atomic mass is 10.2. The number of hydrogen-bond donors (Lipinski definition) is 1. The van der Waals surface area contributed by atoms with Gasteiger partial charge in [-0.15, -0.1) is 0 Å². The summed E-state index contributed by atoms with van der Waals surface area (Å²) in [7, 11) is -7.85. The second-order valence-electron chi connectivity index (χ2n) is 5.72. The van der Waals surface area contributed by atoms with E-state index in [1.807, 2.05) is 0 Å². The Labute approximate surface area is 165 Å². The standard InChI is InChI=1S/C18H23ClNO5PS/c1-4-24-26(21,25-5-2)18(15-9-7-6-8-10-15)20-27(22,23)16-12-11-14(3)17(19)13-16/h6-13,18,20H,4-5H2,1-3H3. The molecule has 0 aliphatic carbocycles. The molecule has 2 aromatic rings. The van der Waals surface area contributed by atoms with Crippen molar-refractivity contribution in [1.82, 2.24) is 4.72 Å². The third-order valence-electron chi connectivity index (χ3n) is 3.77. The molecule has 0 aromatic heterocycles. The molecule has 6 nitrogen and oxygen atoms in total. The molecular formula is C18H23ClNO5PS. The van der Waals surface area contributed by atoms with Gasteiger partial charge in [-0.05, 0) is 44.0 Å². The minimum atomic E-state index is -4.03. The molecular weight excluding hydrogens is 409 g/mol. The molecule has 0 heterocycles. The van der Waals surface area contributed by atoms with Crippen LogP contribution in [0.4, 0.5) is 0 Å². The number of nitrogens with one attached hydrogen (secondary N) is 1. The topological polar surface area (TPSA) is 81.7 Å². The van der Waals surface area contributed by atoms with Crippen molar-refractivity contribution >= 4 is 29.2 Å². The molecule has 0 aliphatic heterocycles. The van der Waals surface area contributed by atoms with E-state index in [-0.39, 0.29) is 18.1 Å². The molecule has 0 radical (unpaired) electrons. The van der Waals surface area contributed by atoms with E-state index in [9.17, 15) is 13.0 Å². The highest BCUT2D eigenvalue weighted by atomic mass is 35.5. The summed E-state index contributed by atoms with van der Waals surface area (Å²) in [5.41, 5.74) is 1.23. The number of halogens is 1. The molecule has 1 atom stereocenters. The molecule has 148 valence electrons. The van der Waals surface area contributed by atoms with Gasteiger partial charge in [0.2, 0.25) is 10.0 Å². The Balaban J connectivity index is 2.50. The van der Waals surface area contributed by atoms with E-state index < -0.39 is 23.4 Å². The lowest BCUT2D eigenvalue weighted by molar-refractivity contribution is 0.210. The minimum absolute atomic E-state index is 0.0291. The predicted molar refractivity (Wildman–Crippen MR) is 107 cm³/mol. The van der Waals surface area contributed by atoms with Gasteiger partial charge in [-0.1, -0.05) is 48.0 Å². The quantitative estimate of drug-likeness (QED) is 0.571. The van der Waals surface area contributed by atoms with Crippen LogP contribution in [0.5, 0.6) is 0 Å². The van der Waals surface area contributed by atoms with Crippen LogP contribution in [0.25, 0.3) is 0 Å². The van der Waals surface area contributed by atoms with Crippen LogP contribution in [0, 0.1) is 6.92 Å². The Morgan fingerprint density at radius 1 is 1.07 bits per heavy atom. The first-order valence-corrected chi connectivity index (χ1v) is 11.9. The summed E-state index contributed by atoms with van der Waals surface area (Å²) >= 11 is 6.07. The van der Waals surface area contributed by atoms with Gasteiger partial charge in [-0.3, -0.25) is 4.57 Å². The van der Waals surface area contributed by atoms with Gasteiger partial charge in [-0.2, -0.15) is 4.72 Å². The number of benzene rings is 2. The molecule has 0 saturated heterocycles. The maximum absolute atomic E-state index is 13.3. The molecule has 2 rings (SSSR count). The van der Waals surface area contributed by atoms with Gasteiger partial charge in [0.25, 0.3) is 0 Å². The van der Waals surface area contributed by atoms with Gasteiger partial charge in [0.05, 0.1) is 18.1 Å². The Morgan fingerprint density at radius 2 is 1.67 bits per heavy atom. The first-order chi connectivity index (χ1) is 12.7. The van der Waals surface area contributed by atoms with E-state index >= 15 is 0 Å². The zero-order valence-electron chi connectivity index (χ0n) is 15.4. The van der Waals surface area contributed by atoms with E-state index in [4.69, 9.17) is 20.6 Å². The lowest BCUT2D eigenvalue weighted by Crippen LogP contribution is -2.30. The Kier molecular flexibility index (Phi) is 7.63. The van der Waals surface area contributed by atoms with Crippen LogP contribution < -0.4 is 4.72 Å². The molecule has 0 fully saturated rings. The van der Waals surface area contributed by atoms with E-state index in [1.165, 1.54) is 12.1 Å². The van der Waals surface area contributed by atoms with E-state index in [0.29, 0.717) is 10.6 Å². The van der Waals surface area contributed by atoms with Crippen LogP contribution in [0.3, 0.4) is 0 Å². The molecule has 9 heteroatoms. The second kappa shape index (κ2) is 9.32. The van der Waals surface area contributed by atoms with Crippen LogP contribution >= 0.6 is 19.2 Å². The van der Waals surface area contributed by atoms with Crippen LogP contribution in [0.15, 0.2) is 53.4 Å². The Bertz CT molecular complexity index is 911. The van der Waals surface area contributed by atoms with Gasteiger partial charge in [0.1, 0.15) is 5.78 Å². The molecule has 0 bridgehead atoms. The number of rotatable bonds is 9. The maximum atomic E-state index is 13.3. The van der Waals surface area contributed by atoms with Crippen molar-refractivity contribution in [3.8, 4) is 0 Å². The summed E-state index contributed by atoms with van der Waals surface area (Å²) < 4.78 is 52.5. The third-order valence-corrected chi connectivity index (χ3v) is 8.07. The Morgan fingerprint density at radius 3 is 2.19 bits per heavy atom. The molecule has 0 amide bonds.